The number of methoxy groups -OCH3 is 1. The van der Waals surface area contributed by atoms with Crippen LogP contribution in [0.1, 0.15) is 50.0 Å². The molecule has 22 heavy (non-hydrogen) atoms. The molecule has 2 bridgehead atoms. The summed E-state index contributed by atoms with van der Waals surface area (Å²) in [5, 5.41) is 0. The number of para-hydroxylation sites is 1. The third-order valence-corrected chi connectivity index (χ3v) is 6.28. The van der Waals surface area contributed by atoms with Crippen LogP contribution in [0.15, 0.2) is 24.3 Å². The van der Waals surface area contributed by atoms with E-state index in [1.165, 1.54) is 57.2 Å². The standard InChI is InChI=1S/C19H27NO.ClH/c1-21-19-5-3-2-4-17(19)15-8-10-20(11-9-15)18-13-14-6-7-16(18)12-14;/h2-5,14-16,18H,6-13H2,1H3;1H/t14-,16+,18-;/m1./s1. The Labute approximate surface area is 140 Å². The lowest BCUT2D eigenvalue weighted by Gasteiger charge is -2.40. The van der Waals surface area contributed by atoms with Crippen molar-refractivity contribution in [2.45, 2.75) is 50.5 Å². The highest BCUT2D eigenvalue weighted by molar-refractivity contribution is 5.85. The van der Waals surface area contributed by atoms with Crippen LogP contribution in [-0.4, -0.2) is 31.1 Å². The molecule has 2 nitrogen and oxygen atoms in total. The zero-order chi connectivity index (χ0) is 14.2. The predicted molar refractivity (Wildman–Crippen MR) is 93.0 cm³/mol. The third kappa shape index (κ3) is 2.88. The van der Waals surface area contributed by atoms with Crippen molar-refractivity contribution < 1.29 is 4.74 Å². The molecule has 0 aromatic heterocycles. The average molecular weight is 322 g/mol. The van der Waals surface area contributed by atoms with Crippen molar-refractivity contribution in [3.63, 3.8) is 0 Å². The summed E-state index contributed by atoms with van der Waals surface area (Å²) in [4.78, 5) is 2.82. The molecule has 1 aliphatic heterocycles. The van der Waals surface area contributed by atoms with Gasteiger partial charge >= 0.3 is 0 Å². The summed E-state index contributed by atoms with van der Waals surface area (Å²) < 4.78 is 5.55. The van der Waals surface area contributed by atoms with Gasteiger partial charge in [-0.15, -0.1) is 12.4 Å². The molecule has 3 atom stereocenters. The van der Waals surface area contributed by atoms with Crippen molar-refractivity contribution >= 4 is 12.4 Å². The summed E-state index contributed by atoms with van der Waals surface area (Å²) in [5.74, 6) is 3.86. The molecule has 3 aliphatic rings. The highest BCUT2D eigenvalue weighted by atomic mass is 35.5. The number of fused-ring (bicyclic) bond motifs is 2. The molecule has 0 amide bonds. The van der Waals surface area contributed by atoms with Crippen molar-refractivity contribution in [1.82, 2.24) is 4.90 Å². The fourth-order valence-electron chi connectivity index (χ4n) is 5.20. The summed E-state index contributed by atoms with van der Waals surface area (Å²) in [6, 6.07) is 9.52. The van der Waals surface area contributed by atoms with Crippen LogP contribution in [0.3, 0.4) is 0 Å². The van der Waals surface area contributed by atoms with Gasteiger partial charge in [-0.3, -0.25) is 0 Å². The van der Waals surface area contributed by atoms with Crippen LogP contribution in [0.2, 0.25) is 0 Å². The molecule has 1 aromatic carbocycles. The van der Waals surface area contributed by atoms with E-state index in [2.05, 4.69) is 29.2 Å². The Morgan fingerprint density at radius 1 is 1.00 bits per heavy atom. The second kappa shape index (κ2) is 6.80. The number of benzene rings is 1. The summed E-state index contributed by atoms with van der Waals surface area (Å²) in [6.45, 7) is 2.58. The van der Waals surface area contributed by atoms with Crippen molar-refractivity contribution in [1.29, 1.82) is 0 Å². The largest absolute Gasteiger partial charge is 0.496 e. The van der Waals surface area contributed by atoms with Gasteiger partial charge in [-0.2, -0.15) is 0 Å². The minimum atomic E-state index is 0. The van der Waals surface area contributed by atoms with Crippen LogP contribution in [0.4, 0.5) is 0 Å². The molecule has 0 N–H and O–H groups in total. The summed E-state index contributed by atoms with van der Waals surface area (Å²) in [7, 11) is 1.79. The van der Waals surface area contributed by atoms with E-state index >= 15 is 0 Å². The third-order valence-electron chi connectivity index (χ3n) is 6.28. The van der Waals surface area contributed by atoms with Crippen molar-refractivity contribution in [3.8, 4) is 5.75 Å². The number of piperidine rings is 1. The smallest absolute Gasteiger partial charge is 0.122 e. The maximum absolute atomic E-state index is 5.55. The molecule has 0 unspecified atom stereocenters. The quantitative estimate of drug-likeness (QED) is 0.813. The molecule has 0 spiro atoms. The van der Waals surface area contributed by atoms with Crippen LogP contribution in [0, 0.1) is 11.8 Å². The average Bonchev–Trinajstić information content (AvgIpc) is 3.18. The molecular weight excluding hydrogens is 294 g/mol. The first kappa shape index (κ1) is 16.1. The van der Waals surface area contributed by atoms with E-state index in [9.17, 15) is 0 Å². The Balaban J connectivity index is 0.00000144. The molecule has 2 aliphatic carbocycles. The Morgan fingerprint density at radius 2 is 1.77 bits per heavy atom. The van der Waals surface area contributed by atoms with E-state index < -0.39 is 0 Å². The van der Waals surface area contributed by atoms with E-state index in [-0.39, 0.29) is 12.4 Å². The molecule has 1 saturated heterocycles. The van der Waals surface area contributed by atoms with Crippen LogP contribution < -0.4 is 4.74 Å². The summed E-state index contributed by atoms with van der Waals surface area (Å²) >= 11 is 0. The van der Waals surface area contributed by atoms with E-state index in [4.69, 9.17) is 4.74 Å². The Bertz CT molecular complexity index is 498. The maximum atomic E-state index is 5.55. The predicted octanol–water partition coefficient (Wildman–Crippen LogP) is 4.49. The number of hydrogen-bond donors (Lipinski definition) is 0. The first-order valence-corrected chi connectivity index (χ1v) is 8.72. The first-order chi connectivity index (χ1) is 10.3. The second-order valence-corrected chi connectivity index (χ2v) is 7.29. The summed E-state index contributed by atoms with van der Waals surface area (Å²) in [5.41, 5.74) is 1.42. The fourth-order valence-corrected chi connectivity index (χ4v) is 5.20. The molecule has 3 heteroatoms. The molecule has 122 valence electrons. The van der Waals surface area contributed by atoms with Gasteiger partial charge in [-0.1, -0.05) is 24.6 Å². The second-order valence-electron chi connectivity index (χ2n) is 7.29. The first-order valence-electron chi connectivity index (χ1n) is 8.72. The summed E-state index contributed by atoms with van der Waals surface area (Å²) in [6.07, 6.45) is 8.63. The SMILES string of the molecule is COc1ccccc1C1CCN([C@@H]2C[C@@H]3CC[C@H]2C3)CC1.Cl. The normalized spacial score (nSPS) is 32.0. The number of rotatable bonds is 3. The zero-order valence-electron chi connectivity index (χ0n) is 13.5. The Hall–Kier alpha value is -0.730. The number of ether oxygens (including phenoxy) is 1. The number of halogens is 1. The van der Waals surface area contributed by atoms with Gasteiger partial charge in [0.2, 0.25) is 0 Å². The molecule has 1 heterocycles. The van der Waals surface area contributed by atoms with Crippen molar-refractivity contribution in [2.75, 3.05) is 20.2 Å². The van der Waals surface area contributed by atoms with E-state index in [1.807, 2.05) is 0 Å². The van der Waals surface area contributed by atoms with Gasteiger partial charge in [0.15, 0.2) is 0 Å². The van der Waals surface area contributed by atoms with Crippen LogP contribution in [0.5, 0.6) is 5.75 Å². The van der Waals surface area contributed by atoms with Crippen LogP contribution in [0.25, 0.3) is 0 Å². The lowest BCUT2D eigenvalue weighted by atomic mass is 9.86. The lowest BCUT2D eigenvalue weighted by molar-refractivity contribution is 0.110. The van der Waals surface area contributed by atoms with Crippen molar-refractivity contribution in [2.24, 2.45) is 11.8 Å². The van der Waals surface area contributed by atoms with Crippen molar-refractivity contribution in [3.05, 3.63) is 29.8 Å². The van der Waals surface area contributed by atoms with Gasteiger partial charge in [-0.25, -0.2) is 0 Å². The highest BCUT2D eigenvalue weighted by Crippen LogP contribution is 2.47. The minimum Gasteiger partial charge on any atom is -0.496 e. The molecule has 0 radical (unpaired) electrons. The number of hydrogen-bond acceptors (Lipinski definition) is 2. The Morgan fingerprint density at radius 3 is 2.41 bits per heavy atom. The molecule has 4 rings (SSSR count). The molecule has 2 saturated carbocycles. The van der Waals surface area contributed by atoms with Crippen LogP contribution >= 0.6 is 12.4 Å². The lowest BCUT2D eigenvalue weighted by Crippen LogP contribution is -2.43. The fraction of sp³-hybridized carbons (Fsp3) is 0.684. The Kier molecular flexibility index (Phi) is 4.99. The minimum absolute atomic E-state index is 0. The zero-order valence-corrected chi connectivity index (χ0v) is 14.4. The van der Waals surface area contributed by atoms with Gasteiger partial charge in [0.25, 0.3) is 0 Å². The maximum Gasteiger partial charge on any atom is 0.122 e. The monoisotopic (exact) mass is 321 g/mol. The van der Waals surface area contributed by atoms with Gasteiger partial charge in [0, 0.05) is 6.04 Å². The highest BCUT2D eigenvalue weighted by Gasteiger charge is 2.42. The van der Waals surface area contributed by atoms with Gasteiger partial charge in [0.05, 0.1) is 7.11 Å². The van der Waals surface area contributed by atoms with Crippen LogP contribution in [-0.2, 0) is 0 Å². The van der Waals surface area contributed by atoms with E-state index in [0.717, 1.165) is 23.6 Å². The van der Waals surface area contributed by atoms with E-state index in [0.29, 0.717) is 5.92 Å². The van der Waals surface area contributed by atoms with Gasteiger partial charge < -0.3 is 9.64 Å². The number of likely N-dealkylation sites (tertiary alicyclic amines) is 1. The topological polar surface area (TPSA) is 12.5 Å². The molecule has 3 fully saturated rings. The van der Waals surface area contributed by atoms with Gasteiger partial charge in [-0.05, 0) is 74.6 Å². The van der Waals surface area contributed by atoms with E-state index in [1.54, 1.807) is 7.11 Å². The molecular formula is C19H28ClNO. The molecule has 1 aromatic rings. The number of nitrogens with zero attached hydrogens (tertiary/aromatic N) is 1. The van der Waals surface area contributed by atoms with Gasteiger partial charge in [0.1, 0.15) is 5.75 Å².